The van der Waals surface area contributed by atoms with Crippen molar-refractivity contribution in [3.8, 4) is 0 Å². The highest BCUT2D eigenvalue weighted by Gasteiger charge is 2.20. The lowest BCUT2D eigenvalue weighted by atomic mass is 9.90. The molecule has 0 unspecified atom stereocenters. The Morgan fingerprint density at radius 2 is 2.29 bits per heavy atom. The van der Waals surface area contributed by atoms with E-state index in [1.807, 2.05) is 20.8 Å². The van der Waals surface area contributed by atoms with Crippen LogP contribution in [0.25, 0.3) is 0 Å². The molecular formula is C9H14ClN3O. The van der Waals surface area contributed by atoms with E-state index >= 15 is 0 Å². The average Bonchev–Trinajstić information content (AvgIpc) is 2.45. The summed E-state index contributed by atoms with van der Waals surface area (Å²) < 4.78 is 1.64. The van der Waals surface area contributed by atoms with Crippen molar-refractivity contribution < 1.29 is 5.21 Å². The average molecular weight is 216 g/mol. The highest BCUT2D eigenvalue weighted by atomic mass is 35.5. The second-order valence-electron chi connectivity index (χ2n) is 4.15. The van der Waals surface area contributed by atoms with Crippen molar-refractivity contribution in [1.82, 2.24) is 9.78 Å². The van der Waals surface area contributed by atoms with Gasteiger partial charge < -0.3 is 5.21 Å². The van der Waals surface area contributed by atoms with E-state index in [4.69, 9.17) is 16.8 Å². The fraction of sp³-hybridized carbons (Fsp3) is 0.556. The molecule has 1 aromatic rings. The number of nitrogens with zero attached hydrogens (tertiary/aromatic N) is 3. The first-order valence-corrected chi connectivity index (χ1v) is 4.70. The molecule has 0 aliphatic heterocycles. The first kappa shape index (κ1) is 11.0. The molecule has 14 heavy (non-hydrogen) atoms. The summed E-state index contributed by atoms with van der Waals surface area (Å²) in [7, 11) is 0. The summed E-state index contributed by atoms with van der Waals surface area (Å²) in [5.41, 5.74) is 0.491. The van der Waals surface area contributed by atoms with E-state index in [-0.39, 0.29) is 5.41 Å². The van der Waals surface area contributed by atoms with Crippen LogP contribution in [0.4, 0.5) is 0 Å². The summed E-state index contributed by atoms with van der Waals surface area (Å²) in [6, 6.07) is 0. The predicted octanol–water partition coefficient (Wildman–Crippen LogP) is 2.41. The molecule has 0 spiro atoms. The molecule has 0 fully saturated rings. The summed E-state index contributed by atoms with van der Waals surface area (Å²) in [4.78, 5) is 0. The first-order valence-electron chi connectivity index (χ1n) is 4.33. The van der Waals surface area contributed by atoms with Crippen molar-refractivity contribution in [3.05, 3.63) is 17.4 Å². The van der Waals surface area contributed by atoms with Crippen LogP contribution < -0.4 is 0 Å². The number of hydrogen-bond donors (Lipinski definition) is 1. The van der Waals surface area contributed by atoms with Gasteiger partial charge in [0, 0.05) is 11.6 Å². The van der Waals surface area contributed by atoms with E-state index in [0.29, 0.717) is 17.3 Å². The number of hydrogen-bond acceptors (Lipinski definition) is 3. The van der Waals surface area contributed by atoms with Gasteiger partial charge in [-0.25, -0.2) is 0 Å². The lowest BCUT2D eigenvalue weighted by Crippen LogP contribution is -2.25. The van der Waals surface area contributed by atoms with Crippen molar-refractivity contribution in [2.24, 2.45) is 10.6 Å². The molecule has 1 heterocycles. The molecule has 1 rings (SSSR count). The molecule has 0 atom stereocenters. The van der Waals surface area contributed by atoms with Gasteiger partial charge >= 0.3 is 0 Å². The maximum Gasteiger partial charge on any atom is 0.0838 e. The van der Waals surface area contributed by atoms with Crippen LogP contribution in [0.2, 0.25) is 5.02 Å². The Labute approximate surface area is 88.2 Å². The summed E-state index contributed by atoms with van der Waals surface area (Å²) >= 11 is 5.72. The molecule has 78 valence electrons. The van der Waals surface area contributed by atoms with Gasteiger partial charge in [-0.15, -0.1) is 0 Å². The Morgan fingerprint density at radius 1 is 1.64 bits per heavy atom. The Hall–Kier alpha value is -1.03. The van der Waals surface area contributed by atoms with Gasteiger partial charge in [0.2, 0.25) is 0 Å². The van der Waals surface area contributed by atoms with Crippen molar-refractivity contribution >= 4 is 17.3 Å². The van der Waals surface area contributed by atoms with Crippen LogP contribution in [0.5, 0.6) is 0 Å². The zero-order valence-electron chi connectivity index (χ0n) is 8.53. The largest absolute Gasteiger partial charge is 0.411 e. The molecule has 1 aromatic heterocycles. The van der Waals surface area contributed by atoms with Crippen LogP contribution in [0.15, 0.2) is 17.5 Å². The number of halogens is 1. The van der Waals surface area contributed by atoms with E-state index in [0.717, 1.165) is 0 Å². The highest BCUT2D eigenvalue weighted by Crippen LogP contribution is 2.17. The van der Waals surface area contributed by atoms with Crippen molar-refractivity contribution in [3.63, 3.8) is 0 Å². The molecule has 0 amide bonds. The van der Waals surface area contributed by atoms with Gasteiger partial charge in [0.15, 0.2) is 0 Å². The summed E-state index contributed by atoms with van der Waals surface area (Å²) in [6.45, 7) is 6.39. The lowest BCUT2D eigenvalue weighted by molar-refractivity contribution is 0.307. The number of aromatic nitrogens is 2. The molecule has 4 nitrogen and oxygen atoms in total. The van der Waals surface area contributed by atoms with Crippen LogP contribution in [0, 0.1) is 5.41 Å². The van der Waals surface area contributed by atoms with Gasteiger partial charge in [-0.1, -0.05) is 37.5 Å². The maximum atomic E-state index is 8.84. The second kappa shape index (κ2) is 4.00. The normalized spacial score (nSPS) is 13.3. The van der Waals surface area contributed by atoms with Gasteiger partial charge in [0.05, 0.1) is 23.5 Å². The zero-order valence-corrected chi connectivity index (χ0v) is 9.28. The van der Waals surface area contributed by atoms with Gasteiger partial charge in [-0.3, -0.25) is 4.68 Å². The molecule has 0 saturated carbocycles. The first-order chi connectivity index (χ1) is 6.43. The Kier molecular flexibility index (Phi) is 3.16. The van der Waals surface area contributed by atoms with Gasteiger partial charge in [-0.05, 0) is 0 Å². The molecule has 0 aromatic carbocycles. The topological polar surface area (TPSA) is 50.4 Å². The summed E-state index contributed by atoms with van der Waals surface area (Å²) in [5.74, 6) is 0. The van der Waals surface area contributed by atoms with Crippen LogP contribution in [0.1, 0.15) is 20.8 Å². The van der Waals surface area contributed by atoms with Crippen LogP contribution >= 0.6 is 11.6 Å². The molecule has 5 heteroatoms. The van der Waals surface area contributed by atoms with Crippen molar-refractivity contribution in [1.29, 1.82) is 0 Å². The van der Waals surface area contributed by atoms with Crippen molar-refractivity contribution in [2.75, 3.05) is 0 Å². The highest BCUT2D eigenvalue weighted by molar-refractivity contribution is 6.30. The van der Waals surface area contributed by atoms with E-state index in [9.17, 15) is 0 Å². The Morgan fingerprint density at radius 3 is 2.64 bits per heavy atom. The molecule has 1 N–H and O–H groups in total. The number of oxime groups is 1. The maximum absolute atomic E-state index is 8.84. The lowest BCUT2D eigenvalue weighted by Gasteiger charge is -2.19. The minimum absolute atomic E-state index is 0.173. The van der Waals surface area contributed by atoms with Crippen molar-refractivity contribution in [2.45, 2.75) is 27.3 Å². The molecular weight excluding hydrogens is 202 g/mol. The van der Waals surface area contributed by atoms with Gasteiger partial charge in [-0.2, -0.15) is 5.10 Å². The third-order valence-electron chi connectivity index (χ3n) is 1.90. The van der Waals surface area contributed by atoms with E-state index < -0.39 is 0 Å². The Balaban J connectivity index is 2.77. The monoisotopic (exact) mass is 215 g/mol. The molecule has 0 bridgehead atoms. The molecule has 0 saturated heterocycles. The summed E-state index contributed by atoms with van der Waals surface area (Å²) in [5, 5.41) is 16.7. The molecule has 0 aliphatic rings. The third kappa shape index (κ3) is 2.73. The van der Waals surface area contributed by atoms with E-state index in [1.165, 1.54) is 0 Å². The third-order valence-corrected chi connectivity index (χ3v) is 2.10. The fourth-order valence-corrected chi connectivity index (χ4v) is 1.15. The minimum atomic E-state index is -0.173. The minimum Gasteiger partial charge on any atom is -0.411 e. The van der Waals surface area contributed by atoms with Crippen LogP contribution in [-0.2, 0) is 6.54 Å². The van der Waals surface area contributed by atoms with E-state index in [1.54, 1.807) is 17.1 Å². The van der Waals surface area contributed by atoms with E-state index in [2.05, 4.69) is 10.3 Å². The van der Waals surface area contributed by atoms with Gasteiger partial charge in [0.25, 0.3) is 0 Å². The number of rotatable bonds is 2. The Bertz CT molecular complexity index is 338. The molecule has 0 radical (unpaired) electrons. The quantitative estimate of drug-likeness (QED) is 0.468. The zero-order chi connectivity index (χ0) is 10.8. The van der Waals surface area contributed by atoms with Crippen LogP contribution in [0.3, 0.4) is 0 Å². The van der Waals surface area contributed by atoms with Gasteiger partial charge in [0.1, 0.15) is 0 Å². The standard InChI is InChI=1S/C9H14ClN3O/c1-9(2,3)8(12-14)6-13-5-7(10)4-11-13/h4-5,14H,6H2,1-3H3. The predicted molar refractivity (Wildman–Crippen MR) is 55.9 cm³/mol. The second-order valence-corrected chi connectivity index (χ2v) is 4.59. The SMILES string of the molecule is CC(C)(C)C(Cn1cc(Cl)cn1)=NO. The van der Waals surface area contributed by atoms with Crippen LogP contribution in [-0.4, -0.2) is 20.7 Å². The summed E-state index contributed by atoms with van der Waals surface area (Å²) in [6.07, 6.45) is 3.25. The smallest absolute Gasteiger partial charge is 0.0838 e. The molecule has 0 aliphatic carbocycles. The fourth-order valence-electron chi connectivity index (χ4n) is 0.997.